The molecule has 0 bridgehead atoms. The normalized spacial score (nSPS) is 19.9. The topological polar surface area (TPSA) is 55.9 Å². The van der Waals surface area contributed by atoms with E-state index in [4.69, 9.17) is 23.8 Å². The maximum Gasteiger partial charge on any atom is 0.254 e. The molecule has 1 spiro atoms. The molecule has 42 heavy (non-hydrogen) atoms. The first-order chi connectivity index (χ1) is 19.8. The third-order valence-electron chi connectivity index (χ3n) is 8.22. The van der Waals surface area contributed by atoms with E-state index in [0.717, 1.165) is 28.1 Å². The van der Waals surface area contributed by atoms with Gasteiger partial charge in [-0.05, 0) is 92.4 Å². The van der Waals surface area contributed by atoms with Gasteiger partial charge < -0.3 is 15.1 Å². The smallest absolute Gasteiger partial charge is 0.254 e. The molecule has 8 heteroatoms. The molecule has 2 heterocycles. The van der Waals surface area contributed by atoms with Gasteiger partial charge in [0.25, 0.3) is 5.91 Å². The monoisotopic (exact) mass is 602 g/mol. The number of amides is 2. The van der Waals surface area contributed by atoms with Gasteiger partial charge in [0.15, 0.2) is 5.11 Å². The Morgan fingerprint density at radius 3 is 2.38 bits per heavy atom. The molecule has 0 aromatic heterocycles. The van der Waals surface area contributed by atoms with E-state index in [1.165, 1.54) is 4.90 Å². The van der Waals surface area contributed by atoms with Crippen molar-refractivity contribution in [2.75, 3.05) is 25.5 Å². The summed E-state index contributed by atoms with van der Waals surface area (Å²) in [7, 11) is 3.41. The number of anilines is 2. The lowest BCUT2D eigenvalue weighted by molar-refractivity contribution is -0.123. The van der Waals surface area contributed by atoms with Gasteiger partial charge in [-0.15, -0.1) is 0 Å². The summed E-state index contributed by atoms with van der Waals surface area (Å²) in [5.74, 6) is 0.110. The molecule has 2 atom stereocenters. The fourth-order valence-corrected chi connectivity index (χ4v) is 7.36. The molecule has 6 nitrogen and oxygen atoms in total. The van der Waals surface area contributed by atoms with Crippen molar-refractivity contribution >= 4 is 52.1 Å². The average molecular weight is 603 g/mol. The number of hydrogen-bond donors (Lipinski definition) is 1. The predicted octanol–water partition coefficient (Wildman–Crippen LogP) is 7.03. The third kappa shape index (κ3) is 5.07. The lowest BCUT2D eigenvalue weighted by Crippen LogP contribution is -2.56. The number of para-hydroxylation sites is 1. The lowest BCUT2D eigenvalue weighted by Gasteiger charge is -2.40. The van der Waals surface area contributed by atoms with Gasteiger partial charge in [0.05, 0.1) is 27.7 Å². The Morgan fingerprint density at radius 1 is 1.05 bits per heavy atom. The highest BCUT2D eigenvalue weighted by Gasteiger charge is 2.61. The second kappa shape index (κ2) is 11.0. The number of benzene rings is 3. The molecule has 1 fully saturated rings. The molecule has 1 N–H and O–H groups in total. The highest BCUT2D eigenvalue weighted by Crippen LogP contribution is 2.54. The van der Waals surface area contributed by atoms with Gasteiger partial charge in [-0.1, -0.05) is 61.8 Å². The van der Waals surface area contributed by atoms with Crippen LogP contribution in [0.5, 0.6) is 0 Å². The van der Waals surface area contributed by atoms with E-state index in [0.29, 0.717) is 28.7 Å². The van der Waals surface area contributed by atoms with Crippen LogP contribution in [0.25, 0.3) is 11.1 Å². The number of rotatable bonds is 4. The summed E-state index contributed by atoms with van der Waals surface area (Å²) in [5.41, 5.74) is 4.09. The van der Waals surface area contributed by atoms with Gasteiger partial charge in [0.2, 0.25) is 5.91 Å². The summed E-state index contributed by atoms with van der Waals surface area (Å²) >= 11 is 12.5. The van der Waals surface area contributed by atoms with Crippen LogP contribution in [0.15, 0.2) is 66.7 Å². The molecular weight excluding hydrogens is 564 g/mol. The molecule has 2 aliphatic rings. The Morgan fingerprint density at radius 2 is 1.74 bits per heavy atom. The minimum absolute atomic E-state index is 0.0746. The SMILES string of the molecule is CC(C)[C@@H]1N(C(=S)NC(C)(C)C)CC[C@@]12C(=O)N(c1cccc(-c3ccc(C(=O)N(C)C)c(Cl)c3)c1)c1ccccc12. The zero-order chi connectivity index (χ0) is 30.6. The number of hydrogen-bond acceptors (Lipinski definition) is 3. The van der Waals surface area contributed by atoms with Crippen LogP contribution in [-0.4, -0.2) is 58.9 Å². The van der Waals surface area contributed by atoms with Gasteiger partial charge in [-0.2, -0.15) is 0 Å². The second-order valence-corrected chi connectivity index (χ2v) is 13.7. The van der Waals surface area contributed by atoms with E-state index in [2.05, 4.69) is 50.9 Å². The number of halogens is 1. The standard InChI is InChI=1S/C34H39ClN4O2S/c1-21(2)29-34(17-18-38(29)32(42)36-33(3,4)5)26-13-8-9-14-28(26)39(31(34)41)24-12-10-11-22(19-24)23-15-16-25(27(35)20-23)30(40)37(6)7/h8-16,19-21,29H,17-18H2,1-7H3,(H,36,42)/t29-,34-/m0/s1. The number of carbonyl (C=O) groups excluding carboxylic acids is 2. The maximum atomic E-state index is 14.8. The van der Waals surface area contributed by atoms with Crippen LogP contribution in [0.2, 0.25) is 5.02 Å². The summed E-state index contributed by atoms with van der Waals surface area (Å²) in [6, 6.07) is 21.5. The number of nitrogens with zero attached hydrogens (tertiary/aromatic N) is 3. The van der Waals surface area contributed by atoms with Crippen LogP contribution in [-0.2, 0) is 10.2 Å². The van der Waals surface area contributed by atoms with Gasteiger partial charge in [0, 0.05) is 31.9 Å². The molecule has 0 unspecified atom stereocenters. The van der Waals surface area contributed by atoms with Gasteiger partial charge in [-0.3, -0.25) is 14.5 Å². The van der Waals surface area contributed by atoms with Crippen molar-refractivity contribution in [3.63, 3.8) is 0 Å². The fraction of sp³-hybridized carbons (Fsp3) is 0.382. The van der Waals surface area contributed by atoms with Crippen LogP contribution in [0, 0.1) is 5.92 Å². The second-order valence-electron chi connectivity index (χ2n) is 12.9. The summed E-state index contributed by atoms with van der Waals surface area (Å²) in [6.07, 6.45) is 0.685. The molecule has 220 valence electrons. The quantitative estimate of drug-likeness (QED) is 0.325. The molecule has 3 aromatic rings. The predicted molar refractivity (Wildman–Crippen MR) is 176 cm³/mol. The Kier molecular flexibility index (Phi) is 7.88. The number of carbonyl (C=O) groups is 2. The number of thiocarbonyl (C=S) groups is 1. The third-order valence-corrected chi connectivity index (χ3v) is 8.86. The lowest BCUT2D eigenvalue weighted by atomic mass is 9.71. The highest BCUT2D eigenvalue weighted by atomic mass is 35.5. The van der Waals surface area contributed by atoms with Crippen molar-refractivity contribution in [3.8, 4) is 11.1 Å². The van der Waals surface area contributed by atoms with E-state index >= 15 is 0 Å². The Balaban J connectivity index is 1.56. The van der Waals surface area contributed by atoms with Crippen LogP contribution >= 0.6 is 23.8 Å². The maximum absolute atomic E-state index is 14.8. The van der Waals surface area contributed by atoms with Gasteiger partial charge in [0.1, 0.15) is 0 Å². The van der Waals surface area contributed by atoms with E-state index in [1.807, 2.05) is 59.5 Å². The van der Waals surface area contributed by atoms with Crippen LogP contribution in [0.1, 0.15) is 57.0 Å². The van der Waals surface area contributed by atoms with Crippen molar-refractivity contribution in [1.82, 2.24) is 15.1 Å². The molecule has 2 aliphatic heterocycles. The van der Waals surface area contributed by atoms with E-state index in [9.17, 15) is 9.59 Å². The summed E-state index contributed by atoms with van der Waals surface area (Å²) in [4.78, 5) is 32.9. The van der Waals surface area contributed by atoms with E-state index < -0.39 is 5.41 Å². The van der Waals surface area contributed by atoms with Crippen molar-refractivity contribution in [3.05, 3.63) is 82.9 Å². The van der Waals surface area contributed by atoms with E-state index in [-0.39, 0.29) is 29.3 Å². The summed E-state index contributed by atoms with van der Waals surface area (Å²) < 4.78 is 0. The van der Waals surface area contributed by atoms with Crippen molar-refractivity contribution in [1.29, 1.82) is 0 Å². The Labute approximate surface area is 259 Å². The first-order valence-electron chi connectivity index (χ1n) is 14.4. The van der Waals surface area contributed by atoms with Crippen LogP contribution in [0.3, 0.4) is 0 Å². The average Bonchev–Trinajstić information content (AvgIpc) is 3.45. The molecule has 0 radical (unpaired) electrons. The minimum atomic E-state index is -0.720. The molecule has 0 aliphatic carbocycles. The number of fused-ring (bicyclic) bond motifs is 2. The molecule has 2 amide bonds. The molecule has 5 rings (SSSR count). The van der Waals surface area contributed by atoms with Crippen molar-refractivity contribution < 1.29 is 9.59 Å². The Hall–Kier alpha value is -3.42. The molecule has 3 aromatic carbocycles. The largest absolute Gasteiger partial charge is 0.358 e. The summed E-state index contributed by atoms with van der Waals surface area (Å²) in [5, 5.41) is 4.56. The minimum Gasteiger partial charge on any atom is -0.358 e. The zero-order valence-electron chi connectivity index (χ0n) is 25.4. The van der Waals surface area contributed by atoms with Crippen molar-refractivity contribution in [2.45, 2.75) is 58.0 Å². The number of nitrogens with one attached hydrogen (secondary N) is 1. The fourth-order valence-electron chi connectivity index (χ4n) is 6.59. The van der Waals surface area contributed by atoms with Crippen molar-refractivity contribution in [2.24, 2.45) is 5.92 Å². The summed E-state index contributed by atoms with van der Waals surface area (Å²) in [6.45, 7) is 11.4. The Bertz CT molecular complexity index is 1560. The zero-order valence-corrected chi connectivity index (χ0v) is 26.9. The highest BCUT2D eigenvalue weighted by molar-refractivity contribution is 7.80. The number of likely N-dealkylation sites (tertiary alicyclic amines) is 1. The molecule has 1 saturated heterocycles. The first kappa shape index (κ1) is 30.1. The molecular formula is C34H39ClN4O2S. The van der Waals surface area contributed by atoms with Gasteiger partial charge in [-0.25, -0.2) is 0 Å². The first-order valence-corrected chi connectivity index (χ1v) is 15.2. The van der Waals surface area contributed by atoms with E-state index in [1.54, 1.807) is 20.2 Å². The molecule has 0 saturated carbocycles. The van der Waals surface area contributed by atoms with Crippen LogP contribution in [0.4, 0.5) is 11.4 Å². The van der Waals surface area contributed by atoms with Crippen LogP contribution < -0.4 is 10.2 Å². The van der Waals surface area contributed by atoms with Gasteiger partial charge >= 0.3 is 0 Å².